The Labute approximate surface area is 81.6 Å². The van der Waals surface area contributed by atoms with E-state index < -0.39 is 0 Å². The molecule has 0 bridgehead atoms. The van der Waals surface area contributed by atoms with Crippen LogP contribution in [-0.4, -0.2) is 37.7 Å². The first-order chi connectivity index (χ1) is 0. The van der Waals surface area contributed by atoms with Crippen molar-refractivity contribution in [2.75, 3.05) is 0 Å². The molecule has 0 unspecified atom stereocenters. The first-order valence-corrected chi connectivity index (χ1v) is 0. The van der Waals surface area contributed by atoms with Gasteiger partial charge in [-0.3, -0.25) is 0 Å². The van der Waals surface area contributed by atoms with E-state index in [9.17, 15) is 0 Å². The molecule has 0 aliphatic heterocycles. The molecule has 0 aliphatic rings. The van der Waals surface area contributed by atoms with Crippen LogP contribution in [0.15, 0.2) is 0 Å². The van der Waals surface area contributed by atoms with Crippen LogP contribution in [0.25, 0.3) is 0 Å². The van der Waals surface area contributed by atoms with Gasteiger partial charge in [0.05, 0.1) is 0 Å². The second-order valence-corrected chi connectivity index (χ2v) is 0. The van der Waals surface area contributed by atoms with Crippen LogP contribution in [0.5, 0.6) is 0 Å². The summed E-state index contributed by atoms with van der Waals surface area (Å²) in [5.74, 6) is 0. The van der Waals surface area contributed by atoms with Crippen LogP contribution in [0.1, 0.15) is 1.43 Å². The Morgan fingerprint density at radius 1 is 1.00 bits per heavy atom. The molecule has 0 aromatic heterocycles. The number of hydrogen-bond donors (Lipinski definition) is 0. The van der Waals surface area contributed by atoms with E-state index in [1.165, 1.54) is 0 Å². The van der Waals surface area contributed by atoms with E-state index in [1.54, 1.807) is 0 Å². The third kappa shape index (κ3) is 8.83. The number of hydrogen-bond acceptors (Lipinski definition) is 0. The van der Waals surface area contributed by atoms with Crippen molar-refractivity contribution in [3.63, 3.8) is 0 Å². The summed E-state index contributed by atoms with van der Waals surface area (Å²) in [6.45, 7) is 0. The molecule has 0 nitrogen and oxygen atoms in total. The van der Waals surface area contributed by atoms with Crippen molar-refractivity contribution in [2.45, 2.75) is 0 Å². The Morgan fingerprint density at radius 2 is 1.00 bits per heavy atom. The molecule has 0 aromatic carbocycles. The first kappa shape index (κ1) is 32.0. The van der Waals surface area contributed by atoms with Crippen molar-refractivity contribution in [3.05, 3.63) is 0 Å². The quantitative estimate of drug-likeness (QED) is 0.278. The summed E-state index contributed by atoms with van der Waals surface area (Å²) in [5.41, 5.74) is 0. The van der Waals surface area contributed by atoms with E-state index in [1.807, 2.05) is 0 Å². The van der Waals surface area contributed by atoms with Gasteiger partial charge in [-0.05, 0) is 0 Å². The fourth-order valence-electron chi connectivity index (χ4n) is 0. The smallest absolute Gasteiger partial charge is 1.00 e. The summed E-state index contributed by atoms with van der Waals surface area (Å²) in [5, 5.41) is 0. The standard InChI is InChI=1S/Ca.2ClH.Li.H/h;2*1H;;/q+2;;;+1;-1/p-2. The molecule has 0 radical (unpaired) electrons. The Morgan fingerprint density at radius 3 is 1.00 bits per heavy atom. The van der Waals surface area contributed by atoms with Gasteiger partial charge in [0.1, 0.15) is 0 Å². The van der Waals surface area contributed by atoms with Gasteiger partial charge in [-0.1, -0.05) is 0 Å². The minimum Gasteiger partial charge on any atom is -1.00 e. The Hall–Kier alpha value is 2.44. The molecule has 0 aliphatic carbocycles. The molecule has 4 heavy (non-hydrogen) atoms. The maximum Gasteiger partial charge on any atom is 2.00 e. The Kier molecular flexibility index (Phi) is 144. The molecule has 4 heteroatoms. The summed E-state index contributed by atoms with van der Waals surface area (Å²) in [7, 11) is 0. The Bertz CT molecular complexity index is 9.61. The first-order valence-electron chi connectivity index (χ1n) is 0. The predicted molar refractivity (Wildman–Crippen MR) is 6.87 cm³/mol. The van der Waals surface area contributed by atoms with Crippen molar-refractivity contribution in [1.82, 2.24) is 0 Å². The molecule has 0 saturated heterocycles. The van der Waals surface area contributed by atoms with Crippen LogP contribution in [0, 0.1) is 0 Å². The third-order valence-corrected chi connectivity index (χ3v) is 0. The summed E-state index contributed by atoms with van der Waals surface area (Å²) in [6.07, 6.45) is 0. The second-order valence-electron chi connectivity index (χ2n) is 0. The summed E-state index contributed by atoms with van der Waals surface area (Å²) in [4.78, 5) is 0. The number of halogens is 2. The van der Waals surface area contributed by atoms with E-state index in [-0.39, 0.29) is 82.8 Å². The predicted octanol–water partition coefficient (Wildman–Crippen LogP) is -9.26. The fraction of sp³-hybridized carbons (Fsp3) is 0. The minimum absolute atomic E-state index is 0. The van der Waals surface area contributed by atoms with E-state index in [0.29, 0.717) is 0 Å². The van der Waals surface area contributed by atoms with Crippen LogP contribution < -0.4 is 43.7 Å². The molecule has 0 fully saturated rings. The van der Waals surface area contributed by atoms with Gasteiger partial charge in [-0.2, -0.15) is 0 Å². The zero-order valence-corrected chi connectivity index (χ0v) is 6.18. The normalized spacial score (nSPS) is 0. The van der Waals surface area contributed by atoms with Crippen LogP contribution in [0.4, 0.5) is 0 Å². The molecule has 0 atom stereocenters. The topological polar surface area (TPSA) is 0 Å². The molecular formula is HCaCl2Li. The SMILES string of the molecule is [Ca+2].[Cl-].[Cl-].[H-].[Li+]. The van der Waals surface area contributed by atoms with E-state index >= 15 is 0 Å². The average Bonchev–Trinajstić information content (AvgIpc) is 0. The van der Waals surface area contributed by atoms with Gasteiger partial charge in [-0.25, -0.2) is 0 Å². The molecule has 0 saturated carbocycles. The summed E-state index contributed by atoms with van der Waals surface area (Å²) in [6, 6.07) is 0. The molecule has 0 heterocycles. The van der Waals surface area contributed by atoms with Crippen LogP contribution in [0.3, 0.4) is 0 Å². The molecule has 0 spiro atoms. The summed E-state index contributed by atoms with van der Waals surface area (Å²) >= 11 is 0. The van der Waals surface area contributed by atoms with Crippen LogP contribution in [-0.2, 0) is 0 Å². The van der Waals surface area contributed by atoms with Crippen LogP contribution in [0.2, 0.25) is 0 Å². The number of rotatable bonds is 0. The van der Waals surface area contributed by atoms with Gasteiger partial charge in [0.15, 0.2) is 0 Å². The van der Waals surface area contributed by atoms with Gasteiger partial charge in [-0.15, -0.1) is 0 Å². The van der Waals surface area contributed by atoms with E-state index in [4.69, 9.17) is 0 Å². The van der Waals surface area contributed by atoms with E-state index in [0.717, 1.165) is 0 Å². The monoisotopic (exact) mass is 118 g/mol. The van der Waals surface area contributed by atoms with Gasteiger partial charge in [0, 0.05) is 0 Å². The Balaban J connectivity index is 0. The largest absolute Gasteiger partial charge is 2.00 e. The zero-order chi connectivity index (χ0) is 0. The molecule has 0 rings (SSSR count). The molecule has 0 amide bonds. The van der Waals surface area contributed by atoms with Crippen molar-refractivity contribution in [1.29, 1.82) is 0 Å². The molecule has 18 valence electrons. The average molecular weight is 119 g/mol. The molecule has 0 aromatic rings. The van der Waals surface area contributed by atoms with Crippen LogP contribution >= 0.6 is 0 Å². The van der Waals surface area contributed by atoms with Gasteiger partial charge < -0.3 is 26.2 Å². The molecule has 0 N–H and O–H groups in total. The zero-order valence-electron chi connectivity index (χ0n) is 3.46. The van der Waals surface area contributed by atoms with E-state index in [2.05, 4.69) is 0 Å². The second kappa shape index (κ2) is 18.0. The van der Waals surface area contributed by atoms with Crippen molar-refractivity contribution >= 4 is 37.7 Å². The third-order valence-electron chi connectivity index (χ3n) is 0. The van der Waals surface area contributed by atoms with Crippen molar-refractivity contribution < 1.29 is 45.1 Å². The van der Waals surface area contributed by atoms with Crippen molar-refractivity contribution in [2.24, 2.45) is 0 Å². The maximum atomic E-state index is 0. The van der Waals surface area contributed by atoms with Gasteiger partial charge in [0.25, 0.3) is 0 Å². The minimum atomic E-state index is 0. The molecular weight excluding hydrogens is 118 g/mol. The fourth-order valence-corrected chi connectivity index (χ4v) is 0. The maximum absolute atomic E-state index is 0. The van der Waals surface area contributed by atoms with Gasteiger partial charge >= 0.3 is 56.6 Å². The van der Waals surface area contributed by atoms with Crippen molar-refractivity contribution in [3.8, 4) is 0 Å². The summed E-state index contributed by atoms with van der Waals surface area (Å²) < 4.78 is 0. The van der Waals surface area contributed by atoms with Gasteiger partial charge in [0.2, 0.25) is 0 Å².